The zero-order valence-electron chi connectivity index (χ0n) is 49.7. The molecule has 0 spiro atoms. The first kappa shape index (κ1) is 11.6. The minimum Gasteiger partial charge on any atom is -0.454 e. The molecule has 0 aliphatic heterocycles. The number of nitrogens with zero attached hydrogens (tertiary/aromatic N) is 4. The molecule has 3 heterocycles. The normalized spacial score (nSPS) is 19.3. The smallest absolute Gasteiger partial charge is 0.164 e. The molecular formula is C43H26N4O. The van der Waals surface area contributed by atoms with Crippen LogP contribution in [0, 0.1) is 0 Å². The van der Waals surface area contributed by atoms with Crippen LogP contribution < -0.4 is 0 Å². The number of para-hydroxylation sites is 2. The minimum absolute atomic E-state index is 0.464. The maximum atomic E-state index is 9.57. The van der Waals surface area contributed by atoms with Crippen molar-refractivity contribution >= 4 is 54.5 Å². The van der Waals surface area contributed by atoms with Gasteiger partial charge in [0, 0.05) is 38.2 Å². The summed E-state index contributed by atoms with van der Waals surface area (Å²) in [7, 11) is 0. The van der Waals surface area contributed by atoms with Crippen LogP contribution in [-0.4, -0.2) is 19.5 Å². The minimum atomic E-state index is -0.972. The first-order chi connectivity index (χ1) is 34.6. The van der Waals surface area contributed by atoms with Gasteiger partial charge in [-0.05, 0) is 41.0 Å². The van der Waals surface area contributed by atoms with E-state index in [0.717, 1.165) is 4.57 Å². The van der Waals surface area contributed by atoms with Gasteiger partial charge < -0.3 is 8.98 Å². The summed E-state index contributed by atoms with van der Waals surface area (Å²) >= 11 is 0. The molecule has 0 N–H and O–H groups in total. The molecule has 224 valence electrons. The highest BCUT2D eigenvalue weighted by Gasteiger charge is 2.21. The Kier molecular flexibility index (Phi) is 2.53. The summed E-state index contributed by atoms with van der Waals surface area (Å²) < 4.78 is 236. The van der Waals surface area contributed by atoms with Crippen molar-refractivity contribution in [1.82, 2.24) is 19.5 Å². The largest absolute Gasteiger partial charge is 0.454 e. The molecule has 0 aliphatic rings. The van der Waals surface area contributed by atoms with Crippen LogP contribution in [0.1, 0.15) is 35.6 Å². The van der Waals surface area contributed by atoms with Gasteiger partial charge in [-0.25, -0.2) is 15.0 Å². The second-order valence-corrected chi connectivity index (χ2v) is 10.1. The van der Waals surface area contributed by atoms with E-state index in [0.29, 0.717) is 0 Å². The molecule has 0 unspecified atom stereocenters. The van der Waals surface area contributed by atoms with Crippen LogP contribution in [0.5, 0.6) is 0 Å². The van der Waals surface area contributed by atoms with Gasteiger partial charge in [0.15, 0.2) is 23.1 Å². The third kappa shape index (κ3) is 4.08. The molecule has 0 aliphatic carbocycles. The van der Waals surface area contributed by atoms with Crippen LogP contribution in [0.2, 0.25) is 0 Å². The molecule has 0 bridgehead atoms. The number of furan rings is 1. The van der Waals surface area contributed by atoms with Crippen molar-refractivity contribution in [1.29, 1.82) is 0 Å². The van der Waals surface area contributed by atoms with Crippen LogP contribution in [0.3, 0.4) is 0 Å². The predicted octanol–water partition coefficient (Wildman–Crippen LogP) is 11.0. The maximum absolute atomic E-state index is 9.57. The van der Waals surface area contributed by atoms with Crippen LogP contribution in [0.4, 0.5) is 0 Å². The van der Waals surface area contributed by atoms with E-state index in [1.165, 1.54) is 0 Å². The quantitative estimate of drug-likeness (QED) is 0.192. The van der Waals surface area contributed by atoms with Gasteiger partial charge in [-0.3, -0.25) is 0 Å². The lowest BCUT2D eigenvalue weighted by Gasteiger charge is -2.10. The van der Waals surface area contributed by atoms with Gasteiger partial charge in [0.25, 0.3) is 0 Å². The van der Waals surface area contributed by atoms with Gasteiger partial charge in [-0.2, -0.15) is 0 Å². The molecule has 0 amide bonds. The fourth-order valence-electron chi connectivity index (χ4n) is 5.43. The Balaban J connectivity index is 1.45. The molecule has 0 radical (unpaired) electrons. The van der Waals surface area contributed by atoms with E-state index >= 15 is 0 Å². The Morgan fingerprint density at radius 3 is 1.83 bits per heavy atom. The molecule has 5 nitrogen and oxygen atoms in total. The van der Waals surface area contributed by atoms with Gasteiger partial charge in [0.1, 0.15) is 5.58 Å². The second kappa shape index (κ2) is 10.5. The zero-order chi connectivity index (χ0) is 54.2. The third-order valence-electron chi connectivity index (χ3n) is 7.42. The first-order valence-electron chi connectivity index (χ1n) is 26.9. The summed E-state index contributed by atoms with van der Waals surface area (Å²) in [5.41, 5.74) is -5.30. The molecule has 0 saturated carbocycles. The average molecular weight is 641 g/mol. The molecule has 48 heavy (non-hydrogen) atoms. The molecule has 0 saturated heterocycles. The lowest BCUT2D eigenvalue weighted by atomic mass is 10.0. The number of fused-ring (bicyclic) bond motifs is 7. The summed E-state index contributed by atoms with van der Waals surface area (Å²) in [6, 6.07) is -22.2. The highest BCUT2D eigenvalue weighted by atomic mass is 16.3. The van der Waals surface area contributed by atoms with Crippen molar-refractivity contribution in [3.05, 3.63) is 157 Å². The van der Waals surface area contributed by atoms with E-state index in [1.807, 2.05) is 0 Å². The third-order valence-corrected chi connectivity index (χ3v) is 7.42. The van der Waals surface area contributed by atoms with Crippen molar-refractivity contribution in [2.75, 3.05) is 0 Å². The fourth-order valence-corrected chi connectivity index (χ4v) is 5.43. The number of hydrogen-bond acceptors (Lipinski definition) is 4. The highest BCUT2D eigenvalue weighted by molar-refractivity contribution is 6.17. The monoisotopic (exact) mass is 640 g/mol. The second-order valence-electron chi connectivity index (χ2n) is 10.1. The van der Waals surface area contributed by atoms with Crippen LogP contribution >= 0.6 is 0 Å². The van der Waals surface area contributed by atoms with E-state index in [2.05, 4.69) is 15.0 Å². The van der Waals surface area contributed by atoms with E-state index < -0.39 is 251 Å². The average Bonchev–Trinajstić information content (AvgIpc) is 3.95. The molecule has 0 fully saturated rings. The Labute approximate surface area is 311 Å². The van der Waals surface area contributed by atoms with Crippen molar-refractivity contribution in [2.24, 2.45) is 0 Å². The molecule has 7 aromatic carbocycles. The van der Waals surface area contributed by atoms with E-state index in [-0.39, 0.29) is 0 Å². The highest BCUT2D eigenvalue weighted by Crippen LogP contribution is 2.41. The zero-order valence-corrected chi connectivity index (χ0v) is 23.7. The molecule has 0 atom stereocenters. The van der Waals surface area contributed by atoms with E-state index in [4.69, 9.17) is 30.5 Å². The summed E-state index contributed by atoms with van der Waals surface area (Å²) in [6.45, 7) is 0. The van der Waals surface area contributed by atoms with Crippen molar-refractivity contribution in [3.63, 3.8) is 0 Å². The van der Waals surface area contributed by atoms with Gasteiger partial charge in [0.05, 0.1) is 52.4 Å². The number of aromatic nitrogens is 4. The summed E-state index contributed by atoms with van der Waals surface area (Å²) in [4.78, 5) is 13.0. The topological polar surface area (TPSA) is 56.7 Å². The van der Waals surface area contributed by atoms with Gasteiger partial charge in [-0.1, -0.05) is 127 Å². The summed E-state index contributed by atoms with van der Waals surface area (Å²) in [5, 5.41) is -3.12. The molecule has 10 aromatic rings. The maximum Gasteiger partial charge on any atom is 0.164 e. The molecule has 5 heteroatoms. The van der Waals surface area contributed by atoms with E-state index in [1.54, 1.807) is 0 Å². The van der Waals surface area contributed by atoms with Crippen molar-refractivity contribution in [3.8, 4) is 39.9 Å². The van der Waals surface area contributed by atoms with Gasteiger partial charge in [-0.15, -0.1) is 0 Å². The molecule has 3 aromatic heterocycles. The van der Waals surface area contributed by atoms with E-state index in [9.17, 15) is 9.60 Å². The standard InChI is InChI=1S/C43H26N4O/c1-3-13-27(14-4-1)41-44-42(28-15-5-2-6-16-28)46-43(45-41)33-21-12-24-38-39(33)32-20-11-23-36(40(32)48-38)47-35-22-10-9-19-31(35)34-25-29-17-7-8-18-30(29)26-37(34)47/h1-26H/i1D,2D,3D,4D,5D,6D,7D,8D,9D,10D,11D,12D,13D,14D,15D,16D,17D,18D,19D,20D,21D,22D,23D,24D,25D,26D. The van der Waals surface area contributed by atoms with Crippen LogP contribution in [0.15, 0.2) is 162 Å². The van der Waals surface area contributed by atoms with Crippen LogP contribution in [-0.2, 0) is 0 Å². The Morgan fingerprint density at radius 1 is 0.479 bits per heavy atom. The fraction of sp³-hybridized carbons (Fsp3) is 0. The van der Waals surface area contributed by atoms with Gasteiger partial charge in [0.2, 0.25) is 0 Å². The Morgan fingerprint density at radius 2 is 1.08 bits per heavy atom. The predicted molar refractivity (Wildman–Crippen MR) is 195 cm³/mol. The Hall–Kier alpha value is -6.59. The number of hydrogen-bond donors (Lipinski definition) is 0. The van der Waals surface area contributed by atoms with Crippen molar-refractivity contribution < 1.29 is 40.1 Å². The molecular weight excluding hydrogens is 589 g/mol. The SMILES string of the molecule is [2H]c1c([2H])c([2H])c(-c2nc(-c3c([2H])c([2H])c([2H])c([2H])c3[2H])nc(-c3c([2H])c([2H])c([2H])c4oc5c(-n6c7c([2H])c([2H])c([2H])c([2H])c7c7c([2H])c8c([2H])c([2H])c([2H])c([2H])c8c([2H])c76)c([2H])c([2H])c([2H])c5c34)n2)c([2H])c1[2H]. The van der Waals surface area contributed by atoms with Crippen LogP contribution in [0.25, 0.3) is 94.4 Å². The molecule has 10 rings (SSSR count). The van der Waals surface area contributed by atoms with Gasteiger partial charge >= 0.3 is 0 Å². The summed E-state index contributed by atoms with van der Waals surface area (Å²) in [5.74, 6) is -2.40. The summed E-state index contributed by atoms with van der Waals surface area (Å²) in [6.07, 6.45) is 0. The number of rotatable bonds is 4. The first-order valence-corrected chi connectivity index (χ1v) is 13.9. The number of benzene rings is 7. The van der Waals surface area contributed by atoms with Crippen molar-refractivity contribution in [2.45, 2.75) is 0 Å². The lowest BCUT2D eigenvalue weighted by Crippen LogP contribution is -2.00. The lowest BCUT2D eigenvalue weighted by molar-refractivity contribution is 0.666. The Bertz CT molecular complexity index is 4190.